The van der Waals surface area contributed by atoms with Crippen molar-refractivity contribution in [2.45, 2.75) is 38.1 Å². The second-order valence-electron chi connectivity index (χ2n) is 4.87. The zero-order valence-electron chi connectivity index (χ0n) is 9.66. The highest BCUT2D eigenvalue weighted by molar-refractivity contribution is 5.83. The number of aryl methyl sites for hydroxylation is 2. The molecule has 1 saturated carbocycles. The normalized spacial score (nSPS) is 28.6. The van der Waals surface area contributed by atoms with Crippen LogP contribution in [0.25, 0.3) is 0 Å². The maximum atomic E-state index is 11.5. The molecular formula is C13H17NO2. The van der Waals surface area contributed by atoms with Crippen molar-refractivity contribution in [2.75, 3.05) is 0 Å². The fraction of sp³-hybridized carbons (Fsp3) is 0.462. The summed E-state index contributed by atoms with van der Waals surface area (Å²) in [5.74, 6) is -0.747. The maximum absolute atomic E-state index is 11.5. The summed E-state index contributed by atoms with van der Waals surface area (Å²) in [5.41, 5.74) is 8.09. The second kappa shape index (κ2) is 3.59. The molecule has 0 bridgehead atoms. The first-order valence-corrected chi connectivity index (χ1v) is 5.52. The lowest BCUT2D eigenvalue weighted by Crippen LogP contribution is -2.54. The van der Waals surface area contributed by atoms with Gasteiger partial charge in [0.15, 0.2) is 0 Å². The van der Waals surface area contributed by atoms with Crippen LogP contribution in [0.15, 0.2) is 18.2 Å². The molecule has 1 aliphatic carbocycles. The molecule has 3 heteroatoms. The molecule has 1 aromatic carbocycles. The van der Waals surface area contributed by atoms with Crippen molar-refractivity contribution in [2.24, 2.45) is 5.73 Å². The Morgan fingerprint density at radius 3 is 2.56 bits per heavy atom. The van der Waals surface area contributed by atoms with Gasteiger partial charge >= 0.3 is 5.97 Å². The van der Waals surface area contributed by atoms with E-state index >= 15 is 0 Å². The van der Waals surface area contributed by atoms with E-state index in [9.17, 15) is 9.90 Å². The largest absolute Gasteiger partial charge is 0.481 e. The molecule has 0 atom stereocenters. The highest BCUT2D eigenvalue weighted by atomic mass is 16.4. The summed E-state index contributed by atoms with van der Waals surface area (Å²) in [6.45, 7) is 3.94. The molecule has 3 nitrogen and oxygen atoms in total. The third kappa shape index (κ3) is 1.52. The van der Waals surface area contributed by atoms with Crippen LogP contribution in [0.4, 0.5) is 0 Å². The molecule has 1 fully saturated rings. The van der Waals surface area contributed by atoms with Crippen LogP contribution in [-0.2, 0) is 10.2 Å². The fourth-order valence-electron chi connectivity index (χ4n) is 2.60. The monoisotopic (exact) mass is 219 g/mol. The van der Waals surface area contributed by atoms with Gasteiger partial charge in [0.25, 0.3) is 0 Å². The number of aliphatic carboxylic acids is 1. The van der Waals surface area contributed by atoms with Crippen molar-refractivity contribution in [3.05, 3.63) is 34.9 Å². The second-order valence-corrected chi connectivity index (χ2v) is 4.87. The first-order valence-electron chi connectivity index (χ1n) is 5.52. The molecule has 0 aromatic heterocycles. The van der Waals surface area contributed by atoms with Crippen LogP contribution < -0.4 is 5.73 Å². The summed E-state index contributed by atoms with van der Waals surface area (Å²) in [7, 11) is 0. The number of carbonyl (C=O) groups is 1. The van der Waals surface area contributed by atoms with Crippen molar-refractivity contribution in [1.29, 1.82) is 0 Å². The number of carboxylic acid groups (broad SMARTS) is 1. The molecule has 1 aliphatic rings. The summed E-state index contributed by atoms with van der Waals surface area (Å²) in [5, 5.41) is 9.41. The van der Waals surface area contributed by atoms with Gasteiger partial charge in [0.2, 0.25) is 0 Å². The van der Waals surface area contributed by atoms with E-state index in [0.29, 0.717) is 12.8 Å². The van der Waals surface area contributed by atoms with E-state index < -0.39 is 11.4 Å². The summed E-state index contributed by atoms with van der Waals surface area (Å²) in [6, 6.07) is 6.00. The predicted molar refractivity (Wildman–Crippen MR) is 62.4 cm³/mol. The first-order chi connectivity index (χ1) is 7.45. The summed E-state index contributed by atoms with van der Waals surface area (Å²) >= 11 is 0. The molecule has 0 heterocycles. The van der Waals surface area contributed by atoms with Crippen LogP contribution in [0.1, 0.15) is 29.5 Å². The van der Waals surface area contributed by atoms with Gasteiger partial charge < -0.3 is 10.8 Å². The molecule has 16 heavy (non-hydrogen) atoms. The molecule has 86 valence electrons. The maximum Gasteiger partial charge on any atom is 0.314 e. The number of benzene rings is 1. The van der Waals surface area contributed by atoms with E-state index in [2.05, 4.69) is 0 Å². The number of rotatable bonds is 2. The lowest BCUT2D eigenvalue weighted by molar-refractivity contribution is -0.148. The van der Waals surface area contributed by atoms with E-state index in [1.165, 1.54) is 0 Å². The van der Waals surface area contributed by atoms with Gasteiger partial charge in [-0.1, -0.05) is 23.8 Å². The van der Waals surface area contributed by atoms with E-state index in [0.717, 1.165) is 16.7 Å². The molecule has 0 unspecified atom stereocenters. The van der Waals surface area contributed by atoms with Crippen molar-refractivity contribution < 1.29 is 9.90 Å². The Morgan fingerprint density at radius 2 is 2.06 bits per heavy atom. The van der Waals surface area contributed by atoms with Gasteiger partial charge in [-0.05, 0) is 37.8 Å². The smallest absolute Gasteiger partial charge is 0.314 e. The number of hydrogen-bond acceptors (Lipinski definition) is 2. The number of hydrogen-bond donors (Lipinski definition) is 2. The van der Waals surface area contributed by atoms with Crippen molar-refractivity contribution >= 4 is 5.97 Å². The SMILES string of the molecule is Cc1ccc(C)c(C2(C(=O)O)CC(N)C2)c1. The summed E-state index contributed by atoms with van der Waals surface area (Å²) in [4.78, 5) is 11.5. The standard InChI is InChI=1S/C13H17NO2/c1-8-3-4-9(2)11(5-8)13(12(15)16)6-10(14)7-13/h3-5,10H,6-7,14H2,1-2H3,(H,15,16). The molecule has 3 N–H and O–H groups in total. The van der Waals surface area contributed by atoms with Gasteiger partial charge in [0.05, 0.1) is 5.41 Å². The van der Waals surface area contributed by atoms with Crippen LogP contribution >= 0.6 is 0 Å². The third-order valence-electron chi connectivity index (χ3n) is 3.54. The Balaban J connectivity index is 2.48. The van der Waals surface area contributed by atoms with Gasteiger partial charge in [-0.3, -0.25) is 4.79 Å². The quantitative estimate of drug-likeness (QED) is 0.796. The first kappa shape index (κ1) is 11.1. The van der Waals surface area contributed by atoms with Gasteiger partial charge in [0, 0.05) is 6.04 Å². The Hall–Kier alpha value is -1.35. The minimum absolute atomic E-state index is 0.0241. The average Bonchev–Trinajstić information content (AvgIpc) is 2.16. The predicted octanol–water partition coefficient (Wildman–Crippen LogP) is 1.75. The fourth-order valence-corrected chi connectivity index (χ4v) is 2.60. The Morgan fingerprint density at radius 1 is 1.44 bits per heavy atom. The van der Waals surface area contributed by atoms with E-state index in [-0.39, 0.29) is 6.04 Å². The molecule has 0 amide bonds. The summed E-state index contributed by atoms with van der Waals surface area (Å²) < 4.78 is 0. The van der Waals surface area contributed by atoms with Gasteiger partial charge in [-0.25, -0.2) is 0 Å². The van der Waals surface area contributed by atoms with Crippen LogP contribution in [0, 0.1) is 13.8 Å². The topological polar surface area (TPSA) is 63.3 Å². The number of carboxylic acids is 1. The van der Waals surface area contributed by atoms with Gasteiger partial charge in [0.1, 0.15) is 0 Å². The molecular weight excluding hydrogens is 202 g/mol. The van der Waals surface area contributed by atoms with Crippen molar-refractivity contribution in [3.63, 3.8) is 0 Å². The zero-order chi connectivity index (χ0) is 11.9. The minimum atomic E-state index is -0.747. The molecule has 2 rings (SSSR count). The summed E-state index contributed by atoms with van der Waals surface area (Å²) in [6.07, 6.45) is 1.10. The molecule has 0 radical (unpaired) electrons. The minimum Gasteiger partial charge on any atom is -0.481 e. The number of nitrogens with two attached hydrogens (primary N) is 1. The van der Waals surface area contributed by atoms with Crippen LogP contribution in [0.5, 0.6) is 0 Å². The Kier molecular flexibility index (Phi) is 2.50. The molecule has 1 aromatic rings. The molecule has 0 spiro atoms. The lowest BCUT2D eigenvalue weighted by atomic mass is 9.61. The van der Waals surface area contributed by atoms with E-state index in [4.69, 9.17) is 5.73 Å². The van der Waals surface area contributed by atoms with Gasteiger partial charge in [-0.2, -0.15) is 0 Å². The highest BCUT2D eigenvalue weighted by Crippen LogP contribution is 2.44. The Bertz CT molecular complexity index is 434. The van der Waals surface area contributed by atoms with Crippen LogP contribution in [0.3, 0.4) is 0 Å². The highest BCUT2D eigenvalue weighted by Gasteiger charge is 2.51. The van der Waals surface area contributed by atoms with Crippen LogP contribution in [0.2, 0.25) is 0 Å². The third-order valence-corrected chi connectivity index (χ3v) is 3.54. The lowest BCUT2D eigenvalue weighted by Gasteiger charge is -2.43. The Labute approximate surface area is 95.3 Å². The van der Waals surface area contributed by atoms with E-state index in [1.807, 2.05) is 32.0 Å². The molecule has 0 saturated heterocycles. The molecule has 0 aliphatic heterocycles. The van der Waals surface area contributed by atoms with Crippen molar-refractivity contribution in [3.8, 4) is 0 Å². The van der Waals surface area contributed by atoms with E-state index in [1.54, 1.807) is 0 Å². The van der Waals surface area contributed by atoms with Crippen LogP contribution in [-0.4, -0.2) is 17.1 Å². The zero-order valence-corrected chi connectivity index (χ0v) is 9.66. The van der Waals surface area contributed by atoms with Gasteiger partial charge in [-0.15, -0.1) is 0 Å². The average molecular weight is 219 g/mol. The van der Waals surface area contributed by atoms with Crippen molar-refractivity contribution in [1.82, 2.24) is 0 Å².